The van der Waals surface area contributed by atoms with Crippen LogP contribution in [0.5, 0.6) is 0 Å². The fourth-order valence-corrected chi connectivity index (χ4v) is 2.51. The van der Waals surface area contributed by atoms with Gasteiger partial charge in [-0.3, -0.25) is 0 Å². The third-order valence-electron chi connectivity index (χ3n) is 3.82. The van der Waals surface area contributed by atoms with Crippen LogP contribution in [0.3, 0.4) is 0 Å². The first kappa shape index (κ1) is 15.4. The molecular formula is C18H21N3O2. The smallest absolute Gasteiger partial charge is 0.125 e. The molecule has 0 aliphatic heterocycles. The lowest BCUT2D eigenvalue weighted by atomic mass is 10.1. The van der Waals surface area contributed by atoms with E-state index in [-0.39, 0.29) is 6.61 Å². The van der Waals surface area contributed by atoms with Crippen LogP contribution in [0.4, 0.5) is 5.82 Å². The number of nitrogens with one attached hydrogen (secondary N) is 1. The topological polar surface area (TPSA) is 63.2 Å². The lowest BCUT2D eigenvalue weighted by molar-refractivity contribution is 0.270. The van der Waals surface area contributed by atoms with Crippen molar-refractivity contribution in [3.8, 4) is 11.3 Å². The molecule has 0 aliphatic rings. The Morgan fingerprint density at radius 2 is 1.96 bits per heavy atom. The summed E-state index contributed by atoms with van der Waals surface area (Å²) in [6.45, 7) is 5.20. The first-order valence-corrected chi connectivity index (χ1v) is 7.70. The lowest BCUT2D eigenvalue weighted by Crippen LogP contribution is -2.10. The molecule has 2 N–H and O–H groups in total. The van der Waals surface area contributed by atoms with Crippen LogP contribution in [-0.2, 0) is 13.1 Å². The van der Waals surface area contributed by atoms with Gasteiger partial charge in [-0.25, -0.2) is 4.68 Å². The number of aliphatic hydroxyl groups excluding tert-OH is 1. The van der Waals surface area contributed by atoms with Gasteiger partial charge in [0, 0.05) is 18.2 Å². The maximum atomic E-state index is 9.25. The Balaban J connectivity index is 1.81. The van der Waals surface area contributed by atoms with Crippen LogP contribution in [-0.4, -0.2) is 21.5 Å². The molecule has 0 bridgehead atoms. The van der Waals surface area contributed by atoms with E-state index in [1.807, 2.05) is 19.1 Å². The van der Waals surface area contributed by atoms with Crippen molar-refractivity contribution in [2.75, 3.05) is 11.9 Å². The van der Waals surface area contributed by atoms with Crippen molar-refractivity contribution in [1.82, 2.24) is 9.78 Å². The van der Waals surface area contributed by atoms with Gasteiger partial charge in [-0.2, -0.15) is 5.10 Å². The van der Waals surface area contributed by atoms with Crippen molar-refractivity contribution >= 4 is 5.82 Å². The zero-order valence-electron chi connectivity index (χ0n) is 13.4. The van der Waals surface area contributed by atoms with E-state index in [0.29, 0.717) is 13.1 Å². The van der Waals surface area contributed by atoms with Crippen LogP contribution in [0.15, 0.2) is 47.1 Å². The normalized spacial score (nSPS) is 10.9. The number of aromatic nitrogens is 2. The van der Waals surface area contributed by atoms with E-state index in [9.17, 15) is 5.11 Å². The molecule has 0 fully saturated rings. The zero-order chi connectivity index (χ0) is 16.2. The standard InChI is InChI=1S/C18H21N3O2/c1-13-3-5-15(6-4-13)12-19-18-11-17(20-21(18)8-9-22)16-7-10-23-14(16)2/h3-7,10-11,19,22H,8-9,12H2,1-2H3. The van der Waals surface area contributed by atoms with E-state index < -0.39 is 0 Å². The first-order valence-electron chi connectivity index (χ1n) is 7.70. The summed E-state index contributed by atoms with van der Waals surface area (Å²) < 4.78 is 7.14. The largest absolute Gasteiger partial charge is 0.469 e. The van der Waals surface area contributed by atoms with Gasteiger partial charge in [-0.15, -0.1) is 0 Å². The van der Waals surface area contributed by atoms with Crippen LogP contribution in [0.25, 0.3) is 11.3 Å². The third-order valence-corrected chi connectivity index (χ3v) is 3.82. The van der Waals surface area contributed by atoms with Crippen LogP contribution in [0.1, 0.15) is 16.9 Å². The summed E-state index contributed by atoms with van der Waals surface area (Å²) in [7, 11) is 0. The molecule has 23 heavy (non-hydrogen) atoms. The number of furan rings is 1. The molecule has 2 aromatic heterocycles. The maximum Gasteiger partial charge on any atom is 0.125 e. The number of nitrogens with zero attached hydrogens (tertiary/aromatic N) is 2. The molecule has 0 spiro atoms. The SMILES string of the molecule is Cc1ccc(CNc2cc(-c3ccoc3C)nn2CCO)cc1. The molecule has 3 aromatic rings. The number of hydrogen-bond donors (Lipinski definition) is 2. The Labute approximate surface area is 135 Å². The molecule has 120 valence electrons. The molecule has 0 aliphatic carbocycles. The predicted octanol–water partition coefficient (Wildman–Crippen LogP) is 3.36. The molecule has 3 rings (SSSR count). The Morgan fingerprint density at radius 3 is 2.61 bits per heavy atom. The zero-order valence-corrected chi connectivity index (χ0v) is 13.4. The van der Waals surface area contributed by atoms with Crippen molar-refractivity contribution in [2.45, 2.75) is 26.9 Å². The van der Waals surface area contributed by atoms with Crippen LogP contribution < -0.4 is 5.32 Å². The van der Waals surface area contributed by atoms with Gasteiger partial charge < -0.3 is 14.8 Å². The van der Waals surface area contributed by atoms with Crippen molar-refractivity contribution in [3.63, 3.8) is 0 Å². The minimum absolute atomic E-state index is 0.0463. The highest BCUT2D eigenvalue weighted by Crippen LogP contribution is 2.26. The molecule has 0 atom stereocenters. The van der Waals surface area contributed by atoms with Crippen LogP contribution in [0, 0.1) is 13.8 Å². The van der Waals surface area contributed by atoms with Crippen molar-refractivity contribution in [2.24, 2.45) is 0 Å². The fraction of sp³-hybridized carbons (Fsp3) is 0.278. The Morgan fingerprint density at radius 1 is 1.17 bits per heavy atom. The highest BCUT2D eigenvalue weighted by molar-refractivity contribution is 5.64. The first-order chi connectivity index (χ1) is 11.2. The summed E-state index contributed by atoms with van der Waals surface area (Å²) in [6, 6.07) is 12.3. The summed E-state index contributed by atoms with van der Waals surface area (Å²) in [5.74, 6) is 1.72. The van der Waals surface area contributed by atoms with Gasteiger partial charge in [0.1, 0.15) is 11.6 Å². The number of aryl methyl sites for hydroxylation is 2. The Hall–Kier alpha value is -2.53. The average molecular weight is 311 g/mol. The quantitative estimate of drug-likeness (QED) is 0.732. The number of rotatable bonds is 6. The van der Waals surface area contributed by atoms with Crippen LogP contribution >= 0.6 is 0 Å². The number of hydrogen-bond acceptors (Lipinski definition) is 4. The molecule has 0 saturated carbocycles. The van der Waals surface area contributed by atoms with Gasteiger partial charge >= 0.3 is 0 Å². The highest BCUT2D eigenvalue weighted by Gasteiger charge is 2.12. The molecule has 5 nitrogen and oxygen atoms in total. The van der Waals surface area contributed by atoms with E-state index in [1.54, 1.807) is 10.9 Å². The van der Waals surface area contributed by atoms with Gasteiger partial charge in [0.25, 0.3) is 0 Å². The van der Waals surface area contributed by atoms with E-state index >= 15 is 0 Å². The predicted molar refractivity (Wildman–Crippen MR) is 90.3 cm³/mol. The second-order valence-corrected chi connectivity index (χ2v) is 5.59. The minimum Gasteiger partial charge on any atom is -0.469 e. The summed E-state index contributed by atoms with van der Waals surface area (Å²) >= 11 is 0. The molecule has 0 unspecified atom stereocenters. The van der Waals surface area contributed by atoms with Crippen molar-refractivity contribution < 1.29 is 9.52 Å². The summed E-state index contributed by atoms with van der Waals surface area (Å²) in [6.07, 6.45) is 1.66. The van der Waals surface area contributed by atoms with Gasteiger partial charge in [0.15, 0.2) is 0 Å². The van der Waals surface area contributed by atoms with E-state index in [2.05, 4.69) is 41.6 Å². The fourth-order valence-electron chi connectivity index (χ4n) is 2.51. The third kappa shape index (κ3) is 3.46. The van der Waals surface area contributed by atoms with Crippen molar-refractivity contribution in [1.29, 1.82) is 0 Å². The summed E-state index contributed by atoms with van der Waals surface area (Å²) in [5, 5.41) is 17.2. The molecule has 0 radical (unpaired) electrons. The molecule has 2 heterocycles. The Bertz CT molecular complexity index is 772. The molecule has 0 amide bonds. The van der Waals surface area contributed by atoms with Gasteiger partial charge in [0.2, 0.25) is 0 Å². The van der Waals surface area contributed by atoms with Gasteiger partial charge in [-0.1, -0.05) is 29.8 Å². The maximum absolute atomic E-state index is 9.25. The number of anilines is 1. The highest BCUT2D eigenvalue weighted by atomic mass is 16.3. The molecular weight excluding hydrogens is 290 g/mol. The lowest BCUT2D eigenvalue weighted by Gasteiger charge is -2.08. The number of benzene rings is 1. The van der Waals surface area contributed by atoms with Gasteiger partial charge in [-0.05, 0) is 25.5 Å². The van der Waals surface area contributed by atoms with E-state index in [4.69, 9.17) is 4.42 Å². The summed E-state index contributed by atoms with van der Waals surface area (Å²) in [4.78, 5) is 0. The van der Waals surface area contributed by atoms with E-state index in [1.165, 1.54) is 11.1 Å². The molecule has 1 aromatic carbocycles. The molecule has 0 saturated heterocycles. The monoisotopic (exact) mass is 311 g/mol. The van der Waals surface area contributed by atoms with Crippen LogP contribution in [0.2, 0.25) is 0 Å². The van der Waals surface area contributed by atoms with Gasteiger partial charge in [0.05, 0.1) is 25.1 Å². The second-order valence-electron chi connectivity index (χ2n) is 5.59. The molecule has 5 heteroatoms. The average Bonchev–Trinajstić information content (AvgIpc) is 3.13. The Kier molecular flexibility index (Phi) is 4.48. The second kappa shape index (κ2) is 6.71. The van der Waals surface area contributed by atoms with Crippen molar-refractivity contribution in [3.05, 3.63) is 59.5 Å². The minimum atomic E-state index is 0.0463. The summed E-state index contributed by atoms with van der Waals surface area (Å²) in [5.41, 5.74) is 4.27. The number of aliphatic hydroxyl groups is 1. The van der Waals surface area contributed by atoms with E-state index in [0.717, 1.165) is 22.8 Å².